The van der Waals surface area contributed by atoms with Gasteiger partial charge in [-0.15, -0.1) is 0 Å². The van der Waals surface area contributed by atoms with Crippen LogP contribution in [0.2, 0.25) is 0 Å². The zero-order chi connectivity index (χ0) is 10.9. The van der Waals surface area contributed by atoms with E-state index in [2.05, 4.69) is 12.2 Å². The molecular formula is C12H21NO2. The van der Waals surface area contributed by atoms with Gasteiger partial charge in [-0.25, -0.2) is 0 Å². The van der Waals surface area contributed by atoms with Gasteiger partial charge < -0.3 is 14.5 Å². The van der Waals surface area contributed by atoms with Gasteiger partial charge in [0.05, 0.1) is 12.5 Å². The molecule has 1 aromatic heterocycles. The Balaban J connectivity index is 2.39. The molecule has 86 valence electrons. The quantitative estimate of drug-likeness (QED) is 0.671. The highest BCUT2D eigenvalue weighted by molar-refractivity contribution is 5.11. The van der Waals surface area contributed by atoms with E-state index in [4.69, 9.17) is 9.15 Å². The first-order valence-electron chi connectivity index (χ1n) is 5.71. The smallest absolute Gasteiger partial charge is 0.0950 e. The van der Waals surface area contributed by atoms with E-state index in [0.717, 1.165) is 32.6 Å². The molecule has 0 amide bonds. The summed E-state index contributed by atoms with van der Waals surface area (Å²) in [4.78, 5) is 0. The normalized spacial score (nSPS) is 12.9. The maximum Gasteiger partial charge on any atom is 0.0950 e. The molecule has 1 rings (SSSR count). The molecule has 0 radical (unpaired) electrons. The van der Waals surface area contributed by atoms with E-state index >= 15 is 0 Å². The van der Waals surface area contributed by atoms with Crippen LogP contribution >= 0.6 is 0 Å². The molecule has 1 atom stereocenters. The molecule has 0 aliphatic carbocycles. The van der Waals surface area contributed by atoms with E-state index in [1.54, 1.807) is 12.5 Å². The van der Waals surface area contributed by atoms with E-state index in [1.807, 2.05) is 13.0 Å². The predicted octanol–water partition coefficient (Wildman–Crippen LogP) is 2.75. The lowest BCUT2D eigenvalue weighted by Crippen LogP contribution is -2.23. The second-order valence-corrected chi connectivity index (χ2v) is 3.55. The second-order valence-electron chi connectivity index (χ2n) is 3.55. The molecule has 0 spiro atoms. The van der Waals surface area contributed by atoms with Crippen LogP contribution in [0.25, 0.3) is 0 Å². The summed E-state index contributed by atoms with van der Waals surface area (Å²) in [6.07, 6.45) is 5.66. The van der Waals surface area contributed by atoms with Crippen molar-refractivity contribution in [3.05, 3.63) is 24.2 Å². The molecule has 0 aromatic carbocycles. The van der Waals surface area contributed by atoms with Crippen LogP contribution < -0.4 is 5.32 Å². The highest BCUT2D eigenvalue weighted by atomic mass is 16.5. The standard InChI is InChI=1S/C12H21NO2/c1-3-7-13-12(6-9-14-4-2)11-5-8-15-10-11/h5,8,10,12-13H,3-4,6-7,9H2,1-2H3. The molecular weight excluding hydrogens is 190 g/mol. The topological polar surface area (TPSA) is 34.4 Å². The fourth-order valence-electron chi connectivity index (χ4n) is 1.52. The minimum atomic E-state index is 0.357. The Hall–Kier alpha value is -0.800. The van der Waals surface area contributed by atoms with Crippen LogP contribution in [-0.4, -0.2) is 19.8 Å². The Bertz CT molecular complexity index is 234. The fraction of sp³-hybridized carbons (Fsp3) is 0.667. The summed E-state index contributed by atoms with van der Waals surface area (Å²) >= 11 is 0. The third-order valence-electron chi connectivity index (χ3n) is 2.34. The molecule has 1 aromatic rings. The van der Waals surface area contributed by atoms with E-state index in [9.17, 15) is 0 Å². The van der Waals surface area contributed by atoms with Crippen molar-refractivity contribution in [2.75, 3.05) is 19.8 Å². The largest absolute Gasteiger partial charge is 0.472 e. The van der Waals surface area contributed by atoms with Crippen LogP contribution in [0.3, 0.4) is 0 Å². The molecule has 1 N–H and O–H groups in total. The van der Waals surface area contributed by atoms with Crippen LogP contribution in [-0.2, 0) is 4.74 Å². The Morgan fingerprint density at radius 2 is 2.33 bits per heavy atom. The minimum absolute atomic E-state index is 0.357. The van der Waals surface area contributed by atoms with E-state index in [1.165, 1.54) is 5.56 Å². The lowest BCUT2D eigenvalue weighted by Gasteiger charge is -2.16. The van der Waals surface area contributed by atoms with Crippen LogP contribution in [0.4, 0.5) is 0 Å². The average molecular weight is 211 g/mol. The third kappa shape index (κ3) is 4.49. The fourth-order valence-corrected chi connectivity index (χ4v) is 1.52. The Morgan fingerprint density at radius 1 is 1.47 bits per heavy atom. The van der Waals surface area contributed by atoms with Gasteiger partial charge >= 0.3 is 0 Å². The highest BCUT2D eigenvalue weighted by Gasteiger charge is 2.11. The maximum atomic E-state index is 5.37. The molecule has 15 heavy (non-hydrogen) atoms. The molecule has 0 fully saturated rings. The summed E-state index contributed by atoms with van der Waals surface area (Å²) in [5.74, 6) is 0. The van der Waals surface area contributed by atoms with Crippen LogP contribution in [0.15, 0.2) is 23.0 Å². The van der Waals surface area contributed by atoms with Gasteiger partial charge in [0.15, 0.2) is 0 Å². The van der Waals surface area contributed by atoms with Gasteiger partial charge in [0.25, 0.3) is 0 Å². The van der Waals surface area contributed by atoms with Gasteiger partial charge in [-0.1, -0.05) is 6.92 Å². The van der Waals surface area contributed by atoms with Crippen molar-refractivity contribution in [2.24, 2.45) is 0 Å². The number of ether oxygens (including phenoxy) is 1. The first-order chi connectivity index (χ1) is 7.38. The number of rotatable bonds is 8. The van der Waals surface area contributed by atoms with Gasteiger partial charge in [-0.3, -0.25) is 0 Å². The van der Waals surface area contributed by atoms with Gasteiger partial charge in [-0.05, 0) is 32.4 Å². The minimum Gasteiger partial charge on any atom is -0.472 e. The van der Waals surface area contributed by atoms with Crippen LogP contribution in [0, 0.1) is 0 Å². The highest BCUT2D eigenvalue weighted by Crippen LogP contribution is 2.17. The number of nitrogens with one attached hydrogen (secondary N) is 1. The van der Waals surface area contributed by atoms with Crippen molar-refractivity contribution in [3.63, 3.8) is 0 Å². The average Bonchev–Trinajstić information content (AvgIpc) is 2.76. The zero-order valence-corrected chi connectivity index (χ0v) is 9.66. The van der Waals surface area contributed by atoms with Gasteiger partial charge in [0.2, 0.25) is 0 Å². The molecule has 3 heteroatoms. The van der Waals surface area contributed by atoms with E-state index in [0.29, 0.717) is 6.04 Å². The zero-order valence-electron chi connectivity index (χ0n) is 9.66. The summed E-state index contributed by atoms with van der Waals surface area (Å²) in [5, 5.41) is 3.49. The third-order valence-corrected chi connectivity index (χ3v) is 2.34. The van der Waals surface area contributed by atoms with Crippen LogP contribution in [0.1, 0.15) is 38.3 Å². The first kappa shape index (κ1) is 12.3. The molecule has 0 aliphatic rings. The van der Waals surface area contributed by atoms with Crippen molar-refractivity contribution < 1.29 is 9.15 Å². The van der Waals surface area contributed by atoms with E-state index in [-0.39, 0.29) is 0 Å². The van der Waals surface area contributed by atoms with Crippen molar-refractivity contribution in [2.45, 2.75) is 32.7 Å². The van der Waals surface area contributed by atoms with Crippen molar-refractivity contribution in [1.82, 2.24) is 5.32 Å². The summed E-state index contributed by atoms with van der Waals surface area (Å²) in [7, 11) is 0. The van der Waals surface area contributed by atoms with E-state index < -0.39 is 0 Å². The summed E-state index contributed by atoms with van der Waals surface area (Å²) in [6.45, 7) is 6.80. The molecule has 0 bridgehead atoms. The van der Waals surface area contributed by atoms with Gasteiger partial charge in [0, 0.05) is 24.8 Å². The second kappa shape index (κ2) is 7.49. The summed E-state index contributed by atoms with van der Waals surface area (Å²) in [5.41, 5.74) is 1.21. The Kier molecular flexibility index (Phi) is 6.12. The number of hydrogen-bond acceptors (Lipinski definition) is 3. The summed E-state index contributed by atoms with van der Waals surface area (Å²) < 4.78 is 10.5. The first-order valence-corrected chi connectivity index (χ1v) is 5.71. The number of furan rings is 1. The summed E-state index contributed by atoms with van der Waals surface area (Å²) in [6, 6.07) is 2.37. The SMILES string of the molecule is CCCNC(CCOCC)c1ccoc1. The lowest BCUT2D eigenvalue weighted by molar-refractivity contribution is 0.136. The monoisotopic (exact) mass is 211 g/mol. The van der Waals surface area contributed by atoms with Crippen molar-refractivity contribution >= 4 is 0 Å². The van der Waals surface area contributed by atoms with Crippen LogP contribution in [0.5, 0.6) is 0 Å². The molecule has 0 saturated heterocycles. The predicted molar refractivity (Wildman–Crippen MR) is 60.9 cm³/mol. The van der Waals surface area contributed by atoms with Gasteiger partial charge in [0.1, 0.15) is 0 Å². The van der Waals surface area contributed by atoms with Crippen molar-refractivity contribution in [3.8, 4) is 0 Å². The lowest BCUT2D eigenvalue weighted by atomic mass is 10.1. The molecule has 1 unspecified atom stereocenters. The van der Waals surface area contributed by atoms with Crippen molar-refractivity contribution in [1.29, 1.82) is 0 Å². The van der Waals surface area contributed by atoms with Gasteiger partial charge in [-0.2, -0.15) is 0 Å². The Labute approximate surface area is 91.8 Å². The molecule has 0 saturated carbocycles. The molecule has 3 nitrogen and oxygen atoms in total. The maximum absolute atomic E-state index is 5.37. The number of hydrogen-bond donors (Lipinski definition) is 1. The molecule has 0 aliphatic heterocycles. The Morgan fingerprint density at radius 3 is 2.93 bits per heavy atom. The molecule has 1 heterocycles.